The molecule has 1 saturated carbocycles. The highest BCUT2D eigenvalue weighted by Gasteiger charge is 2.35. The van der Waals surface area contributed by atoms with Crippen LogP contribution in [0.25, 0.3) is 0 Å². The first-order chi connectivity index (χ1) is 22.3. The average molecular weight is 640 g/mol. The first-order valence-electron chi connectivity index (χ1n) is 16.6. The number of carbonyl (C=O) groups is 4. The Kier molecular flexibility index (Phi) is 11.4. The van der Waals surface area contributed by atoms with Gasteiger partial charge in [0.2, 0.25) is 17.7 Å². The van der Waals surface area contributed by atoms with E-state index in [0.29, 0.717) is 44.1 Å². The molecule has 0 bridgehead atoms. The largest absolute Gasteiger partial charge is 0.378 e. The number of nitrogens with one attached hydrogen (secondary N) is 3. The third-order valence-corrected chi connectivity index (χ3v) is 9.37. The molecule has 4 amide bonds. The van der Waals surface area contributed by atoms with Gasteiger partial charge in [-0.3, -0.25) is 28.8 Å². The minimum absolute atomic E-state index is 0.0173. The van der Waals surface area contributed by atoms with Crippen LogP contribution < -0.4 is 16.0 Å². The first kappa shape index (κ1) is 33.5. The maximum absolute atomic E-state index is 15.5. The van der Waals surface area contributed by atoms with Crippen molar-refractivity contribution in [2.45, 2.75) is 83.5 Å². The second-order valence-corrected chi connectivity index (χ2v) is 12.4. The highest BCUT2D eigenvalue weighted by atomic mass is 19.1. The number of ether oxygens (including phenoxy) is 1. The summed E-state index contributed by atoms with van der Waals surface area (Å²) < 4.78 is 22.7. The van der Waals surface area contributed by atoms with Gasteiger partial charge in [0.25, 0.3) is 5.91 Å². The van der Waals surface area contributed by atoms with Crippen LogP contribution in [0.1, 0.15) is 68.4 Å². The Morgan fingerprint density at radius 2 is 1.85 bits per heavy atom. The van der Waals surface area contributed by atoms with E-state index in [1.165, 1.54) is 12.1 Å². The van der Waals surface area contributed by atoms with Gasteiger partial charge in [0, 0.05) is 51.8 Å². The normalized spacial score (nSPS) is 20.3. The Morgan fingerprint density at radius 3 is 2.59 bits per heavy atom. The number of rotatable bonds is 11. The number of anilines is 1. The van der Waals surface area contributed by atoms with Gasteiger partial charge in [-0.25, -0.2) is 4.39 Å². The van der Waals surface area contributed by atoms with E-state index in [1.54, 1.807) is 34.8 Å². The van der Waals surface area contributed by atoms with Gasteiger partial charge in [-0.15, -0.1) is 0 Å². The number of amides is 4. The average Bonchev–Trinajstić information content (AvgIpc) is 3.57. The first-order valence-corrected chi connectivity index (χ1v) is 16.6. The Labute approximate surface area is 269 Å². The zero-order chi connectivity index (χ0) is 32.6. The minimum Gasteiger partial charge on any atom is -0.378 e. The van der Waals surface area contributed by atoms with E-state index >= 15 is 4.39 Å². The number of aryl methyl sites for hydroxylation is 1. The van der Waals surface area contributed by atoms with E-state index in [1.807, 2.05) is 6.92 Å². The van der Waals surface area contributed by atoms with Crippen molar-refractivity contribution >= 4 is 29.3 Å². The molecular weight excluding hydrogens is 593 g/mol. The molecule has 2 aromatic rings. The van der Waals surface area contributed by atoms with Gasteiger partial charge in [0.15, 0.2) is 0 Å². The summed E-state index contributed by atoms with van der Waals surface area (Å²) in [7, 11) is 0. The van der Waals surface area contributed by atoms with Crippen LogP contribution in [0.15, 0.2) is 30.5 Å². The summed E-state index contributed by atoms with van der Waals surface area (Å²) in [4.78, 5) is 56.8. The standard InChI is InChI=1S/C33H46FN7O5/c1-3-29(42)36-27(33(45)40-15-14-39-16-17-46-21-24(39)20-40)19-22-10-11-26(25(34)18-22)37-32(44)30(23-8-6-5-7-9-23)38-31(43)28-12-13-35-41(28)4-2/h10-13,18,23-24,27,30H,3-9,14-17,19-21H2,1-2H3,(H,36,42)(H,37,44)(H,38,43)/t24?,27?,30-/m0/s1. The fourth-order valence-electron chi connectivity index (χ4n) is 6.75. The summed E-state index contributed by atoms with van der Waals surface area (Å²) in [6, 6.07) is 4.44. The number of aromatic nitrogens is 2. The predicted octanol–water partition coefficient (Wildman–Crippen LogP) is 2.34. The molecular formula is C33H46FN7O5. The Bertz CT molecular complexity index is 1390. The van der Waals surface area contributed by atoms with E-state index < -0.39 is 29.7 Å². The number of benzene rings is 1. The number of hydrogen-bond donors (Lipinski definition) is 3. The summed E-state index contributed by atoms with van der Waals surface area (Å²) in [6.45, 7) is 7.98. The highest BCUT2D eigenvalue weighted by molar-refractivity contribution is 6.00. The van der Waals surface area contributed by atoms with Crippen molar-refractivity contribution in [3.05, 3.63) is 47.5 Å². The van der Waals surface area contributed by atoms with Gasteiger partial charge in [-0.2, -0.15) is 5.10 Å². The van der Waals surface area contributed by atoms with Crippen molar-refractivity contribution in [3.63, 3.8) is 0 Å². The molecule has 5 rings (SSSR count). The van der Waals surface area contributed by atoms with E-state index in [2.05, 4.69) is 25.9 Å². The van der Waals surface area contributed by atoms with Gasteiger partial charge < -0.3 is 25.6 Å². The predicted molar refractivity (Wildman–Crippen MR) is 169 cm³/mol. The molecule has 1 aromatic heterocycles. The maximum Gasteiger partial charge on any atom is 0.270 e. The molecule has 3 N–H and O–H groups in total. The smallest absolute Gasteiger partial charge is 0.270 e. The summed E-state index contributed by atoms with van der Waals surface area (Å²) >= 11 is 0. The molecule has 0 spiro atoms. The van der Waals surface area contributed by atoms with Gasteiger partial charge in [-0.05, 0) is 49.4 Å². The number of piperazine rings is 1. The molecule has 13 heteroatoms. The second-order valence-electron chi connectivity index (χ2n) is 12.4. The summed E-state index contributed by atoms with van der Waals surface area (Å²) in [5.74, 6) is -2.09. The number of halogens is 1. The molecule has 12 nitrogen and oxygen atoms in total. The summed E-state index contributed by atoms with van der Waals surface area (Å²) in [5, 5.41) is 12.6. The van der Waals surface area contributed by atoms with Crippen molar-refractivity contribution < 1.29 is 28.3 Å². The quantitative estimate of drug-likeness (QED) is 0.343. The molecule has 46 heavy (non-hydrogen) atoms. The highest BCUT2D eigenvalue weighted by Crippen LogP contribution is 2.28. The van der Waals surface area contributed by atoms with Crippen molar-refractivity contribution in [2.75, 3.05) is 44.7 Å². The molecule has 2 aliphatic heterocycles. The van der Waals surface area contributed by atoms with Crippen LogP contribution in [-0.2, 0) is 32.1 Å². The van der Waals surface area contributed by atoms with Crippen molar-refractivity contribution in [3.8, 4) is 0 Å². The molecule has 2 unspecified atom stereocenters. The molecule has 3 aliphatic rings. The lowest BCUT2D eigenvalue weighted by Crippen LogP contribution is -2.61. The Balaban J connectivity index is 1.27. The van der Waals surface area contributed by atoms with E-state index in [-0.39, 0.29) is 42.3 Å². The van der Waals surface area contributed by atoms with Crippen LogP contribution >= 0.6 is 0 Å². The van der Waals surface area contributed by atoms with Crippen LogP contribution in [0.2, 0.25) is 0 Å². The fraction of sp³-hybridized carbons (Fsp3) is 0.606. The van der Waals surface area contributed by atoms with Crippen LogP contribution in [-0.4, -0.2) is 101 Å². The topological polar surface area (TPSA) is 138 Å². The SMILES string of the molecule is CCC(=O)NC(Cc1ccc(NC(=O)[C@@H](NC(=O)c2ccnn2CC)C2CCCCC2)c(F)c1)C(=O)N1CCN2CCOCC2C1. The van der Waals surface area contributed by atoms with Crippen LogP contribution in [0.5, 0.6) is 0 Å². The van der Waals surface area contributed by atoms with Crippen LogP contribution in [0.3, 0.4) is 0 Å². The molecule has 3 fully saturated rings. The lowest BCUT2D eigenvalue weighted by molar-refractivity contribution is -0.141. The molecule has 0 radical (unpaired) electrons. The number of morpholine rings is 1. The number of fused-ring (bicyclic) bond motifs is 1. The molecule has 1 aliphatic carbocycles. The minimum atomic E-state index is -0.856. The van der Waals surface area contributed by atoms with Gasteiger partial charge in [0.1, 0.15) is 23.6 Å². The lowest BCUT2D eigenvalue weighted by atomic mass is 9.83. The van der Waals surface area contributed by atoms with E-state index in [9.17, 15) is 19.2 Å². The zero-order valence-electron chi connectivity index (χ0n) is 26.8. The zero-order valence-corrected chi connectivity index (χ0v) is 26.8. The Hall–Kier alpha value is -3.84. The van der Waals surface area contributed by atoms with Crippen LogP contribution in [0.4, 0.5) is 10.1 Å². The van der Waals surface area contributed by atoms with Gasteiger partial charge in [0.05, 0.1) is 24.9 Å². The van der Waals surface area contributed by atoms with Crippen LogP contribution in [0, 0.1) is 11.7 Å². The second kappa shape index (κ2) is 15.6. The third kappa shape index (κ3) is 8.11. The van der Waals surface area contributed by atoms with E-state index in [0.717, 1.165) is 45.2 Å². The third-order valence-electron chi connectivity index (χ3n) is 9.37. The van der Waals surface area contributed by atoms with Crippen molar-refractivity contribution in [1.29, 1.82) is 0 Å². The summed E-state index contributed by atoms with van der Waals surface area (Å²) in [5.41, 5.74) is 0.853. The monoisotopic (exact) mass is 639 g/mol. The molecule has 3 atom stereocenters. The van der Waals surface area contributed by atoms with Gasteiger partial charge in [-0.1, -0.05) is 32.3 Å². The molecule has 1 aromatic carbocycles. The van der Waals surface area contributed by atoms with Crippen molar-refractivity contribution in [2.24, 2.45) is 5.92 Å². The van der Waals surface area contributed by atoms with Crippen molar-refractivity contribution in [1.82, 2.24) is 30.2 Å². The summed E-state index contributed by atoms with van der Waals surface area (Å²) in [6.07, 6.45) is 6.42. The van der Waals surface area contributed by atoms with E-state index in [4.69, 9.17) is 4.74 Å². The molecule has 2 saturated heterocycles. The molecule has 250 valence electrons. The number of nitrogens with zero attached hydrogens (tertiary/aromatic N) is 4. The number of hydrogen-bond acceptors (Lipinski definition) is 7. The number of carbonyl (C=O) groups excluding carboxylic acids is 4. The Morgan fingerprint density at radius 1 is 1.04 bits per heavy atom. The molecule has 3 heterocycles. The van der Waals surface area contributed by atoms with Gasteiger partial charge >= 0.3 is 0 Å². The fourth-order valence-corrected chi connectivity index (χ4v) is 6.75. The maximum atomic E-state index is 15.5. The lowest BCUT2D eigenvalue weighted by Gasteiger charge is -2.44.